The quantitative estimate of drug-likeness (QED) is 0.841. The average Bonchev–Trinajstić information content (AvgIpc) is 2.20. The molecule has 1 aromatic carbocycles. The molecule has 1 unspecified atom stereocenters. The Bertz CT molecular complexity index is 299. The van der Waals surface area contributed by atoms with Crippen LogP contribution in [-0.2, 0) is 0 Å². The first-order chi connectivity index (χ1) is 6.69. The van der Waals surface area contributed by atoms with Crippen LogP contribution in [0.15, 0.2) is 18.2 Å². The van der Waals surface area contributed by atoms with Gasteiger partial charge in [-0.2, -0.15) is 0 Å². The highest BCUT2D eigenvalue weighted by Gasteiger charge is 2.08. The Morgan fingerprint density at radius 2 is 2.21 bits per heavy atom. The summed E-state index contributed by atoms with van der Waals surface area (Å²) in [4.78, 5) is 0. The summed E-state index contributed by atoms with van der Waals surface area (Å²) in [6, 6.07) is 5.49. The topological polar surface area (TPSA) is 29.5 Å². The van der Waals surface area contributed by atoms with Gasteiger partial charge in [-0.05, 0) is 30.5 Å². The third-order valence-corrected chi connectivity index (χ3v) is 3.06. The molecule has 0 radical (unpaired) electrons. The second-order valence-corrected chi connectivity index (χ2v) is 3.86. The molecule has 0 fully saturated rings. The molecule has 0 amide bonds. The van der Waals surface area contributed by atoms with E-state index in [0.29, 0.717) is 18.3 Å². The molecule has 0 aliphatic rings. The number of phenols is 1. The van der Waals surface area contributed by atoms with Gasteiger partial charge in [0.1, 0.15) is 0 Å². The van der Waals surface area contributed by atoms with Crippen molar-refractivity contribution in [1.29, 1.82) is 0 Å². The van der Waals surface area contributed by atoms with Crippen LogP contribution < -0.4 is 4.74 Å². The minimum Gasteiger partial charge on any atom is -0.504 e. The lowest BCUT2D eigenvalue weighted by atomic mass is 10.0. The van der Waals surface area contributed by atoms with Gasteiger partial charge in [0.15, 0.2) is 11.5 Å². The fraction of sp³-hybridized carbons (Fsp3) is 0.455. The molecule has 1 aromatic rings. The van der Waals surface area contributed by atoms with E-state index >= 15 is 0 Å². The average molecular weight is 259 g/mol. The summed E-state index contributed by atoms with van der Waals surface area (Å²) in [5.74, 6) is 1.20. The smallest absolute Gasteiger partial charge is 0.161 e. The molecular weight excluding hydrogens is 244 g/mol. The van der Waals surface area contributed by atoms with Gasteiger partial charge in [0, 0.05) is 5.33 Å². The van der Waals surface area contributed by atoms with Crippen molar-refractivity contribution in [2.24, 2.45) is 0 Å². The summed E-state index contributed by atoms with van der Waals surface area (Å²) in [5, 5.41) is 10.4. The molecule has 1 N–H and O–H groups in total. The number of halogens is 1. The second-order valence-electron chi connectivity index (χ2n) is 3.22. The van der Waals surface area contributed by atoms with E-state index in [1.807, 2.05) is 19.1 Å². The van der Waals surface area contributed by atoms with Crippen molar-refractivity contribution in [2.75, 3.05) is 11.9 Å². The van der Waals surface area contributed by atoms with E-state index in [-0.39, 0.29) is 5.75 Å². The molecule has 0 aliphatic heterocycles. The van der Waals surface area contributed by atoms with Gasteiger partial charge >= 0.3 is 0 Å². The molecule has 2 nitrogen and oxygen atoms in total. The van der Waals surface area contributed by atoms with Crippen LogP contribution in [0.5, 0.6) is 11.5 Å². The largest absolute Gasteiger partial charge is 0.504 e. The molecule has 0 saturated carbocycles. The molecule has 0 aliphatic carbocycles. The van der Waals surface area contributed by atoms with E-state index in [1.165, 1.54) is 5.56 Å². The summed E-state index contributed by atoms with van der Waals surface area (Å²) in [6.07, 6.45) is 0. The monoisotopic (exact) mass is 258 g/mol. The normalized spacial score (nSPS) is 12.5. The fourth-order valence-corrected chi connectivity index (χ4v) is 1.57. The molecule has 1 atom stereocenters. The van der Waals surface area contributed by atoms with Crippen LogP contribution in [0.3, 0.4) is 0 Å². The van der Waals surface area contributed by atoms with Crippen molar-refractivity contribution in [3.63, 3.8) is 0 Å². The summed E-state index contributed by atoms with van der Waals surface area (Å²) in [6.45, 7) is 4.59. The third kappa shape index (κ3) is 2.64. The molecule has 0 spiro atoms. The van der Waals surface area contributed by atoms with Crippen molar-refractivity contribution in [3.8, 4) is 11.5 Å². The van der Waals surface area contributed by atoms with E-state index in [4.69, 9.17) is 4.74 Å². The first-order valence-corrected chi connectivity index (χ1v) is 5.82. The van der Waals surface area contributed by atoms with E-state index in [2.05, 4.69) is 22.9 Å². The maximum atomic E-state index is 9.48. The highest BCUT2D eigenvalue weighted by molar-refractivity contribution is 9.09. The number of alkyl halides is 1. The minimum atomic E-state index is 0.206. The van der Waals surface area contributed by atoms with Gasteiger partial charge in [-0.25, -0.2) is 0 Å². The Kier molecular flexibility index (Phi) is 4.26. The number of hydrogen-bond donors (Lipinski definition) is 1. The van der Waals surface area contributed by atoms with Crippen molar-refractivity contribution in [1.82, 2.24) is 0 Å². The zero-order valence-corrected chi connectivity index (χ0v) is 10.0. The van der Waals surface area contributed by atoms with Crippen LogP contribution in [0.25, 0.3) is 0 Å². The molecule has 14 heavy (non-hydrogen) atoms. The maximum Gasteiger partial charge on any atom is 0.161 e. The highest BCUT2D eigenvalue weighted by atomic mass is 79.9. The summed E-state index contributed by atoms with van der Waals surface area (Å²) < 4.78 is 5.31. The first kappa shape index (κ1) is 11.4. The standard InChI is InChI=1S/C11H15BrO2/c1-3-14-11-6-9(8(2)7-12)4-5-10(11)13/h4-6,8,13H,3,7H2,1-2H3. The van der Waals surface area contributed by atoms with Crippen LogP contribution in [0, 0.1) is 0 Å². The second kappa shape index (κ2) is 5.25. The Morgan fingerprint density at radius 3 is 2.79 bits per heavy atom. The number of ether oxygens (including phenoxy) is 1. The van der Waals surface area contributed by atoms with E-state index < -0.39 is 0 Å². The fourth-order valence-electron chi connectivity index (χ4n) is 1.20. The number of rotatable bonds is 4. The molecular formula is C11H15BrO2. The summed E-state index contributed by atoms with van der Waals surface area (Å²) in [5.41, 5.74) is 1.17. The minimum absolute atomic E-state index is 0.206. The SMILES string of the molecule is CCOc1cc(C(C)CBr)ccc1O. The van der Waals surface area contributed by atoms with Crippen LogP contribution in [0.4, 0.5) is 0 Å². The van der Waals surface area contributed by atoms with Gasteiger partial charge in [-0.1, -0.05) is 28.9 Å². The Morgan fingerprint density at radius 1 is 1.50 bits per heavy atom. The van der Waals surface area contributed by atoms with Crippen molar-refractivity contribution < 1.29 is 9.84 Å². The molecule has 0 heterocycles. The molecule has 0 saturated heterocycles. The Hall–Kier alpha value is -0.700. The Balaban J connectivity index is 2.93. The predicted octanol–water partition coefficient (Wildman–Crippen LogP) is 3.29. The van der Waals surface area contributed by atoms with Crippen LogP contribution in [0.1, 0.15) is 25.3 Å². The number of aromatic hydroxyl groups is 1. The van der Waals surface area contributed by atoms with Gasteiger partial charge in [0.05, 0.1) is 6.61 Å². The first-order valence-electron chi connectivity index (χ1n) is 4.70. The van der Waals surface area contributed by atoms with E-state index in [0.717, 1.165) is 5.33 Å². The zero-order chi connectivity index (χ0) is 10.6. The number of phenolic OH excluding ortho intramolecular Hbond substituents is 1. The van der Waals surface area contributed by atoms with E-state index in [1.54, 1.807) is 6.07 Å². The zero-order valence-electron chi connectivity index (χ0n) is 8.46. The van der Waals surface area contributed by atoms with Crippen LogP contribution >= 0.6 is 15.9 Å². The van der Waals surface area contributed by atoms with Gasteiger partial charge in [-0.3, -0.25) is 0 Å². The molecule has 1 rings (SSSR count). The van der Waals surface area contributed by atoms with Crippen LogP contribution in [0.2, 0.25) is 0 Å². The van der Waals surface area contributed by atoms with Gasteiger partial charge in [0.2, 0.25) is 0 Å². The molecule has 78 valence electrons. The lowest BCUT2D eigenvalue weighted by molar-refractivity contribution is 0.317. The van der Waals surface area contributed by atoms with Crippen molar-refractivity contribution in [2.45, 2.75) is 19.8 Å². The molecule has 0 aromatic heterocycles. The number of benzene rings is 1. The van der Waals surface area contributed by atoms with Gasteiger partial charge in [0.25, 0.3) is 0 Å². The maximum absolute atomic E-state index is 9.48. The number of hydrogen-bond acceptors (Lipinski definition) is 2. The summed E-state index contributed by atoms with van der Waals surface area (Å²) in [7, 11) is 0. The van der Waals surface area contributed by atoms with Gasteiger partial charge < -0.3 is 9.84 Å². The summed E-state index contributed by atoms with van der Waals surface area (Å²) >= 11 is 3.43. The van der Waals surface area contributed by atoms with Crippen molar-refractivity contribution in [3.05, 3.63) is 23.8 Å². The lowest BCUT2D eigenvalue weighted by Crippen LogP contribution is -1.97. The molecule has 3 heteroatoms. The van der Waals surface area contributed by atoms with Crippen molar-refractivity contribution >= 4 is 15.9 Å². The highest BCUT2D eigenvalue weighted by Crippen LogP contribution is 2.30. The van der Waals surface area contributed by atoms with E-state index in [9.17, 15) is 5.11 Å². The third-order valence-electron chi connectivity index (χ3n) is 2.08. The molecule has 0 bridgehead atoms. The lowest BCUT2D eigenvalue weighted by Gasteiger charge is -2.11. The van der Waals surface area contributed by atoms with Crippen LogP contribution in [-0.4, -0.2) is 17.0 Å². The Labute approximate surface area is 93.0 Å². The predicted molar refractivity (Wildman–Crippen MR) is 61.5 cm³/mol. The van der Waals surface area contributed by atoms with Gasteiger partial charge in [-0.15, -0.1) is 0 Å².